The van der Waals surface area contributed by atoms with Crippen molar-refractivity contribution in [2.24, 2.45) is 0 Å². The van der Waals surface area contributed by atoms with E-state index in [0.717, 1.165) is 11.1 Å². The standard InChI is InChI=1S/C11H10BNO2.2ClH/c14-12(15)11-3-1-9(2-4-11)10-5-7-13-8-6-10;;/h1-8,14-15H;2*1H. The Kier molecular flexibility index (Phi) is 6.84. The van der Waals surface area contributed by atoms with Gasteiger partial charge < -0.3 is 10.0 Å². The van der Waals surface area contributed by atoms with Gasteiger partial charge in [-0.05, 0) is 28.7 Å². The topological polar surface area (TPSA) is 53.4 Å². The van der Waals surface area contributed by atoms with Crippen LogP contribution in [0.5, 0.6) is 0 Å². The molecule has 0 atom stereocenters. The molecule has 0 aliphatic heterocycles. The SMILES string of the molecule is Cl.Cl.OB(O)c1ccc(-c2ccncc2)cc1. The Labute approximate surface area is 112 Å². The smallest absolute Gasteiger partial charge is 0.423 e. The fourth-order valence-corrected chi connectivity index (χ4v) is 1.39. The van der Waals surface area contributed by atoms with Crippen LogP contribution in [-0.4, -0.2) is 22.2 Å². The lowest BCUT2D eigenvalue weighted by Gasteiger charge is -2.03. The Morgan fingerprint density at radius 2 is 1.24 bits per heavy atom. The normalized spacial score (nSPS) is 8.82. The van der Waals surface area contributed by atoms with Crippen LogP contribution in [0, 0.1) is 0 Å². The minimum atomic E-state index is -1.41. The van der Waals surface area contributed by atoms with E-state index in [1.165, 1.54) is 0 Å². The molecule has 2 rings (SSSR count). The maximum Gasteiger partial charge on any atom is 0.488 e. The van der Waals surface area contributed by atoms with E-state index >= 15 is 0 Å². The number of aromatic nitrogens is 1. The Bertz CT molecular complexity index is 437. The van der Waals surface area contributed by atoms with Crippen molar-refractivity contribution in [3.05, 3.63) is 48.8 Å². The summed E-state index contributed by atoms with van der Waals surface area (Å²) in [6.07, 6.45) is 3.45. The first-order chi connectivity index (χ1) is 7.27. The van der Waals surface area contributed by atoms with E-state index in [4.69, 9.17) is 10.0 Å². The van der Waals surface area contributed by atoms with Crippen LogP contribution in [0.2, 0.25) is 0 Å². The zero-order chi connectivity index (χ0) is 10.7. The van der Waals surface area contributed by atoms with E-state index in [9.17, 15) is 0 Å². The predicted molar refractivity (Wildman–Crippen MR) is 74.0 cm³/mol. The second kappa shape index (κ2) is 7.30. The Balaban J connectivity index is 0.00000128. The number of nitrogens with zero attached hydrogens (tertiary/aromatic N) is 1. The summed E-state index contributed by atoms with van der Waals surface area (Å²) >= 11 is 0. The van der Waals surface area contributed by atoms with Gasteiger partial charge in [0.15, 0.2) is 0 Å². The van der Waals surface area contributed by atoms with Crippen LogP contribution in [0.1, 0.15) is 0 Å². The highest BCUT2D eigenvalue weighted by molar-refractivity contribution is 6.58. The van der Waals surface area contributed by atoms with E-state index in [-0.39, 0.29) is 24.8 Å². The first-order valence-electron chi connectivity index (χ1n) is 4.64. The van der Waals surface area contributed by atoms with Crippen molar-refractivity contribution in [2.45, 2.75) is 0 Å². The van der Waals surface area contributed by atoms with Crippen molar-refractivity contribution in [3.63, 3.8) is 0 Å². The zero-order valence-electron chi connectivity index (χ0n) is 8.85. The highest BCUT2D eigenvalue weighted by Gasteiger charge is 2.09. The molecule has 2 N–H and O–H groups in total. The van der Waals surface area contributed by atoms with Crippen molar-refractivity contribution >= 4 is 37.4 Å². The van der Waals surface area contributed by atoms with Gasteiger partial charge in [0, 0.05) is 12.4 Å². The molecule has 0 fully saturated rings. The van der Waals surface area contributed by atoms with E-state index in [1.54, 1.807) is 24.5 Å². The molecule has 1 aromatic heterocycles. The molecule has 1 aromatic carbocycles. The van der Waals surface area contributed by atoms with Gasteiger partial charge in [-0.1, -0.05) is 24.3 Å². The number of pyridine rings is 1. The number of hydrogen-bond donors (Lipinski definition) is 2. The lowest BCUT2D eigenvalue weighted by atomic mass is 9.80. The Morgan fingerprint density at radius 1 is 0.765 bits per heavy atom. The Hall–Kier alpha value is -1.07. The van der Waals surface area contributed by atoms with Gasteiger partial charge in [-0.3, -0.25) is 4.98 Å². The average molecular weight is 272 g/mol. The van der Waals surface area contributed by atoms with Crippen molar-refractivity contribution < 1.29 is 10.0 Å². The molecule has 0 amide bonds. The van der Waals surface area contributed by atoms with Crippen LogP contribution in [0.4, 0.5) is 0 Å². The molecular formula is C11H12BCl2NO2. The third kappa shape index (κ3) is 4.02. The molecule has 1 heterocycles. The second-order valence-electron chi connectivity index (χ2n) is 3.23. The third-order valence-electron chi connectivity index (χ3n) is 2.22. The minimum absolute atomic E-state index is 0. The first kappa shape index (κ1) is 15.9. The van der Waals surface area contributed by atoms with Crippen molar-refractivity contribution in [1.29, 1.82) is 0 Å². The number of benzene rings is 1. The predicted octanol–water partition coefficient (Wildman–Crippen LogP) is 1.27. The van der Waals surface area contributed by atoms with Gasteiger partial charge in [0.25, 0.3) is 0 Å². The Morgan fingerprint density at radius 3 is 1.71 bits per heavy atom. The average Bonchev–Trinajstić information content (AvgIpc) is 2.30. The minimum Gasteiger partial charge on any atom is -0.423 e. The molecule has 0 saturated heterocycles. The molecule has 0 unspecified atom stereocenters. The van der Waals surface area contributed by atoms with Crippen LogP contribution in [0.25, 0.3) is 11.1 Å². The monoisotopic (exact) mass is 271 g/mol. The van der Waals surface area contributed by atoms with Gasteiger partial charge in [-0.2, -0.15) is 0 Å². The van der Waals surface area contributed by atoms with Crippen LogP contribution in [-0.2, 0) is 0 Å². The number of halogens is 2. The van der Waals surface area contributed by atoms with Gasteiger partial charge in [0.1, 0.15) is 0 Å². The van der Waals surface area contributed by atoms with Crippen molar-refractivity contribution in [1.82, 2.24) is 4.98 Å². The lowest BCUT2D eigenvalue weighted by Crippen LogP contribution is -2.29. The van der Waals surface area contributed by atoms with Crippen LogP contribution >= 0.6 is 24.8 Å². The fourth-order valence-electron chi connectivity index (χ4n) is 1.39. The van der Waals surface area contributed by atoms with E-state index in [0.29, 0.717) is 5.46 Å². The van der Waals surface area contributed by atoms with Gasteiger partial charge in [0.2, 0.25) is 0 Å². The molecular weight excluding hydrogens is 260 g/mol. The number of rotatable bonds is 2. The fraction of sp³-hybridized carbons (Fsp3) is 0. The number of hydrogen-bond acceptors (Lipinski definition) is 3. The molecule has 0 spiro atoms. The molecule has 0 saturated carbocycles. The lowest BCUT2D eigenvalue weighted by molar-refractivity contribution is 0.426. The summed E-state index contributed by atoms with van der Waals surface area (Å²) in [5.41, 5.74) is 2.58. The molecule has 90 valence electrons. The van der Waals surface area contributed by atoms with Gasteiger partial charge in [0.05, 0.1) is 0 Å². The van der Waals surface area contributed by atoms with Crippen LogP contribution in [0.15, 0.2) is 48.8 Å². The summed E-state index contributed by atoms with van der Waals surface area (Å²) < 4.78 is 0. The summed E-state index contributed by atoms with van der Waals surface area (Å²) in [5.74, 6) is 0. The van der Waals surface area contributed by atoms with Crippen LogP contribution in [0.3, 0.4) is 0 Å². The maximum absolute atomic E-state index is 8.93. The van der Waals surface area contributed by atoms with Gasteiger partial charge in [-0.25, -0.2) is 0 Å². The summed E-state index contributed by atoms with van der Waals surface area (Å²) in [5, 5.41) is 17.9. The molecule has 3 nitrogen and oxygen atoms in total. The maximum atomic E-state index is 8.93. The summed E-state index contributed by atoms with van der Waals surface area (Å²) in [6.45, 7) is 0. The summed E-state index contributed by atoms with van der Waals surface area (Å²) in [4.78, 5) is 3.94. The molecule has 6 heteroatoms. The summed E-state index contributed by atoms with van der Waals surface area (Å²) in [7, 11) is -1.41. The molecule has 0 radical (unpaired) electrons. The van der Waals surface area contributed by atoms with E-state index in [2.05, 4.69) is 4.98 Å². The molecule has 0 aliphatic carbocycles. The van der Waals surface area contributed by atoms with Gasteiger partial charge >= 0.3 is 7.12 Å². The molecule has 0 bridgehead atoms. The third-order valence-corrected chi connectivity index (χ3v) is 2.22. The van der Waals surface area contributed by atoms with Crippen molar-refractivity contribution in [3.8, 4) is 11.1 Å². The quantitative estimate of drug-likeness (QED) is 0.809. The first-order valence-corrected chi connectivity index (χ1v) is 4.64. The summed E-state index contributed by atoms with van der Waals surface area (Å²) in [6, 6.07) is 10.9. The molecule has 0 aliphatic rings. The van der Waals surface area contributed by atoms with Crippen molar-refractivity contribution in [2.75, 3.05) is 0 Å². The van der Waals surface area contributed by atoms with E-state index < -0.39 is 7.12 Å². The highest BCUT2D eigenvalue weighted by atomic mass is 35.5. The molecule has 2 aromatic rings. The highest BCUT2D eigenvalue weighted by Crippen LogP contribution is 2.16. The van der Waals surface area contributed by atoms with Crippen LogP contribution < -0.4 is 5.46 Å². The second-order valence-corrected chi connectivity index (χ2v) is 3.23. The van der Waals surface area contributed by atoms with E-state index in [1.807, 2.05) is 24.3 Å². The van der Waals surface area contributed by atoms with Gasteiger partial charge in [-0.15, -0.1) is 24.8 Å². The molecule has 17 heavy (non-hydrogen) atoms. The largest absolute Gasteiger partial charge is 0.488 e. The zero-order valence-corrected chi connectivity index (χ0v) is 10.5.